The molecule has 0 unspecified atom stereocenters. The Balaban J connectivity index is 3.95. The van der Waals surface area contributed by atoms with E-state index in [1.54, 1.807) is 0 Å². The smallest absolute Gasteiger partial charge is 0.326 e. The van der Waals surface area contributed by atoms with Crippen LogP contribution in [0.5, 0.6) is 0 Å². The monoisotopic (exact) mass is 202 g/mol. The summed E-state index contributed by atoms with van der Waals surface area (Å²) in [5, 5.41) is 11.2. The van der Waals surface area contributed by atoms with Crippen LogP contribution >= 0.6 is 0 Å². The van der Waals surface area contributed by atoms with Gasteiger partial charge < -0.3 is 16.2 Å². The number of unbranched alkanes of at least 4 members (excludes halogenated alkanes) is 1. The van der Waals surface area contributed by atoms with Crippen molar-refractivity contribution in [2.45, 2.75) is 38.6 Å². The fourth-order valence-corrected chi connectivity index (χ4v) is 1.06. The highest BCUT2D eigenvalue weighted by molar-refractivity contribution is 5.83. The average Bonchev–Trinajstić information content (AvgIpc) is 2.12. The van der Waals surface area contributed by atoms with Crippen molar-refractivity contribution in [3.8, 4) is 0 Å². The minimum absolute atomic E-state index is 0.176. The van der Waals surface area contributed by atoms with E-state index in [2.05, 4.69) is 5.32 Å². The lowest BCUT2D eigenvalue weighted by Gasteiger charge is -2.13. The Morgan fingerprint density at radius 1 is 1.50 bits per heavy atom. The number of carboxylic acid groups (broad SMARTS) is 1. The minimum atomic E-state index is -0.983. The highest BCUT2D eigenvalue weighted by atomic mass is 16.4. The van der Waals surface area contributed by atoms with Crippen LogP contribution in [0.3, 0.4) is 0 Å². The number of amides is 1. The molecule has 0 fully saturated rings. The van der Waals surface area contributed by atoms with Gasteiger partial charge in [-0.1, -0.05) is 19.8 Å². The molecule has 0 saturated carbocycles. The van der Waals surface area contributed by atoms with Crippen molar-refractivity contribution in [1.29, 1.82) is 0 Å². The summed E-state index contributed by atoms with van der Waals surface area (Å²) in [5.41, 5.74) is 5.17. The van der Waals surface area contributed by atoms with Gasteiger partial charge in [0.1, 0.15) is 6.04 Å². The predicted octanol–water partition coefficient (Wildman–Crippen LogP) is 0.0948. The van der Waals surface area contributed by atoms with E-state index in [1.807, 2.05) is 6.92 Å². The largest absolute Gasteiger partial charge is 0.480 e. The van der Waals surface area contributed by atoms with Crippen LogP contribution in [0.15, 0.2) is 0 Å². The SMILES string of the molecule is CCCC[C@H](NC(=O)CCN)C(=O)O. The Morgan fingerprint density at radius 3 is 2.57 bits per heavy atom. The zero-order valence-electron chi connectivity index (χ0n) is 8.45. The summed E-state index contributed by atoms with van der Waals surface area (Å²) < 4.78 is 0. The molecule has 1 amide bonds. The number of nitrogens with two attached hydrogens (primary N) is 1. The van der Waals surface area contributed by atoms with Gasteiger partial charge in [-0.2, -0.15) is 0 Å². The average molecular weight is 202 g/mol. The Hall–Kier alpha value is -1.10. The summed E-state index contributed by atoms with van der Waals surface area (Å²) in [4.78, 5) is 21.8. The molecule has 14 heavy (non-hydrogen) atoms. The van der Waals surface area contributed by atoms with E-state index in [4.69, 9.17) is 10.8 Å². The molecule has 5 heteroatoms. The first kappa shape index (κ1) is 12.9. The molecule has 0 aromatic carbocycles. The first-order valence-corrected chi connectivity index (χ1v) is 4.84. The zero-order valence-corrected chi connectivity index (χ0v) is 8.45. The molecule has 0 aromatic rings. The molecule has 0 bridgehead atoms. The topological polar surface area (TPSA) is 92.4 Å². The van der Waals surface area contributed by atoms with Gasteiger partial charge in [0, 0.05) is 13.0 Å². The summed E-state index contributed by atoms with van der Waals surface area (Å²) in [5.74, 6) is -1.28. The van der Waals surface area contributed by atoms with Crippen LogP contribution in [0.1, 0.15) is 32.6 Å². The van der Waals surface area contributed by atoms with Gasteiger partial charge >= 0.3 is 5.97 Å². The van der Waals surface area contributed by atoms with Crippen LogP contribution in [-0.2, 0) is 9.59 Å². The first-order chi connectivity index (χ1) is 6.61. The predicted molar refractivity (Wildman–Crippen MR) is 52.8 cm³/mol. The van der Waals surface area contributed by atoms with Gasteiger partial charge in [0.2, 0.25) is 5.91 Å². The van der Waals surface area contributed by atoms with E-state index < -0.39 is 12.0 Å². The highest BCUT2D eigenvalue weighted by Gasteiger charge is 2.18. The third kappa shape index (κ3) is 5.53. The summed E-state index contributed by atoms with van der Waals surface area (Å²) >= 11 is 0. The van der Waals surface area contributed by atoms with E-state index >= 15 is 0 Å². The van der Waals surface area contributed by atoms with Crippen molar-refractivity contribution in [1.82, 2.24) is 5.32 Å². The third-order valence-electron chi connectivity index (χ3n) is 1.85. The molecule has 0 aliphatic rings. The van der Waals surface area contributed by atoms with E-state index in [0.717, 1.165) is 12.8 Å². The lowest BCUT2D eigenvalue weighted by molar-refractivity contribution is -0.142. The summed E-state index contributed by atoms with van der Waals surface area (Å²) in [6.45, 7) is 2.21. The molecule has 0 rings (SSSR count). The molecule has 5 nitrogen and oxygen atoms in total. The number of nitrogens with one attached hydrogen (secondary N) is 1. The maximum absolute atomic E-state index is 11.1. The molecule has 1 atom stereocenters. The number of hydrogen-bond acceptors (Lipinski definition) is 3. The molecule has 0 saturated heterocycles. The second kappa shape index (κ2) is 7.32. The molecule has 82 valence electrons. The van der Waals surface area contributed by atoms with Crippen molar-refractivity contribution in [3.05, 3.63) is 0 Å². The second-order valence-corrected chi connectivity index (χ2v) is 3.14. The normalized spacial score (nSPS) is 12.1. The van der Waals surface area contributed by atoms with Crippen LogP contribution in [-0.4, -0.2) is 29.6 Å². The number of rotatable bonds is 7. The third-order valence-corrected chi connectivity index (χ3v) is 1.85. The van der Waals surface area contributed by atoms with Crippen molar-refractivity contribution >= 4 is 11.9 Å². The second-order valence-electron chi connectivity index (χ2n) is 3.14. The van der Waals surface area contributed by atoms with Crippen molar-refractivity contribution in [2.24, 2.45) is 5.73 Å². The van der Waals surface area contributed by atoms with Crippen LogP contribution in [0, 0.1) is 0 Å². The molecule has 0 aliphatic carbocycles. The van der Waals surface area contributed by atoms with Gasteiger partial charge in [-0.05, 0) is 6.42 Å². The summed E-state index contributed by atoms with van der Waals surface area (Å²) in [6, 6.07) is -0.769. The van der Waals surface area contributed by atoms with E-state index in [1.165, 1.54) is 0 Å². The van der Waals surface area contributed by atoms with E-state index in [0.29, 0.717) is 6.42 Å². The van der Waals surface area contributed by atoms with Crippen LogP contribution in [0.25, 0.3) is 0 Å². The molecular formula is C9H18N2O3. The first-order valence-electron chi connectivity index (χ1n) is 4.84. The Bertz CT molecular complexity index is 194. The van der Waals surface area contributed by atoms with Crippen LogP contribution < -0.4 is 11.1 Å². The summed E-state index contributed by atoms with van der Waals surface area (Å²) in [7, 11) is 0. The number of carbonyl (C=O) groups is 2. The number of carboxylic acids is 1. The van der Waals surface area contributed by atoms with Crippen LogP contribution in [0.4, 0.5) is 0 Å². The lowest BCUT2D eigenvalue weighted by Crippen LogP contribution is -2.41. The van der Waals surface area contributed by atoms with Crippen LogP contribution in [0.2, 0.25) is 0 Å². The lowest BCUT2D eigenvalue weighted by atomic mass is 10.1. The molecular weight excluding hydrogens is 184 g/mol. The fourth-order valence-electron chi connectivity index (χ4n) is 1.06. The number of hydrogen-bond donors (Lipinski definition) is 3. The Morgan fingerprint density at radius 2 is 2.14 bits per heavy atom. The zero-order chi connectivity index (χ0) is 11.0. The minimum Gasteiger partial charge on any atom is -0.480 e. The van der Waals surface area contributed by atoms with Gasteiger partial charge in [0.25, 0.3) is 0 Å². The van der Waals surface area contributed by atoms with Gasteiger partial charge in [0.15, 0.2) is 0 Å². The van der Waals surface area contributed by atoms with E-state index in [-0.39, 0.29) is 18.9 Å². The standard InChI is InChI=1S/C9H18N2O3/c1-2-3-4-7(9(13)14)11-8(12)5-6-10/h7H,2-6,10H2,1H3,(H,11,12)(H,13,14)/t7-/m0/s1. The number of aliphatic carboxylic acids is 1. The molecule has 0 spiro atoms. The molecule has 4 N–H and O–H groups in total. The van der Waals surface area contributed by atoms with Crippen molar-refractivity contribution in [2.75, 3.05) is 6.54 Å². The molecule has 0 aliphatic heterocycles. The quantitative estimate of drug-likeness (QED) is 0.545. The summed E-state index contributed by atoms with van der Waals surface area (Å²) in [6.07, 6.45) is 2.36. The fraction of sp³-hybridized carbons (Fsp3) is 0.778. The highest BCUT2D eigenvalue weighted by Crippen LogP contribution is 2.01. The van der Waals surface area contributed by atoms with Gasteiger partial charge in [-0.25, -0.2) is 4.79 Å². The van der Waals surface area contributed by atoms with Crippen molar-refractivity contribution < 1.29 is 14.7 Å². The van der Waals surface area contributed by atoms with Crippen molar-refractivity contribution in [3.63, 3.8) is 0 Å². The molecule has 0 heterocycles. The van der Waals surface area contributed by atoms with Gasteiger partial charge in [-0.15, -0.1) is 0 Å². The van der Waals surface area contributed by atoms with Gasteiger partial charge in [-0.3, -0.25) is 4.79 Å². The molecule has 0 radical (unpaired) electrons. The maximum atomic E-state index is 11.1. The van der Waals surface area contributed by atoms with E-state index in [9.17, 15) is 9.59 Å². The van der Waals surface area contributed by atoms with Gasteiger partial charge in [0.05, 0.1) is 0 Å². The Labute approximate surface area is 83.7 Å². The number of carbonyl (C=O) groups excluding carboxylic acids is 1. The molecule has 0 aromatic heterocycles. The Kier molecular flexibility index (Phi) is 6.74. The maximum Gasteiger partial charge on any atom is 0.326 e.